The van der Waals surface area contributed by atoms with Crippen molar-refractivity contribution < 1.29 is 9.18 Å². The molecule has 2 aromatic rings. The third kappa shape index (κ3) is 2.97. The van der Waals surface area contributed by atoms with Crippen molar-refractivity contribution in [2.24, 2.45) is 0 Å². The molecule has 0 radical (unpaired) electrons. The van der Waals surface area contributed by atoms with Crippen molar-refractivity contribution in [3.05, 3.63) is 59.7 Å². The SMILES string of the molecule is Cc1cc(F)ccc1C(=O)NCCn1cccc1. The normalized spacial score (nSPS) is 10.3. The maximum atomic E-state index is 12.9. The summed E-state index contributed by atoms with van der Waals surface area (Å²) in [6.07, 6.45) is 3.88. The lowest BCUT2D eigenvalue weighted by Gasteiger charge is -2.08. The van der Waals surface area contributed by atoms with Crippen LogP contribution in [-0.4, -0.2) is 17.0 Å². The van der Waals surface area contributed by atoms with E-state index >= 15 is 0 Å². The van der Waals surface area contributed by atoms with E-state index in [4.69, 9.17) is 0 Å². The number of carbonyl (C=O) groups excluding carboxylic acids is 1. The fourth-order valence-electron chi connectivity index (χ4n) is 1.79. The molecule has 0 unspecified atom stereocenters. The summed E-state index contributed by atoms with van der Waals surface area (Å²) in [7, 11) is 0. The molecule has 0 fully saturated rings. The Balaban J connectivity index is 1.91. The number of nitrogens with zero attached hydrogens (tertiary/aromatic N) is 1. The fourth-order valence-corrected chi connectivity index (χ4v) is 1.79. The Morgan fingerprint density at radius 3 is 2.72 bits per heavy atom. The van der Waals surface area contributed by atoms with Gasteiger partial charge in [-0.1, -0.05) is 0 Å². The predicted molar refractivity (Wildman–Crippen MR) is 67.9 cm³/mol. The molecule has 0 aliphatic rings. The number of halogens is 1. The summed E-state index contributed by atoms with van der Waals surface area (Å²) in [5.74, 6) is -0.490. The zero-order chi connectivity index (χ0) is 13.0. The highest BCUT2D eigenvalue weighted by atomic mass is 19.1. The van der Waals surface area contributed by atoms with E-state index in [-0.39, 0.29) is 11.7 Å². The highest BCUT2D eigenvalue weighted by molar-refractivity contribution is 5.95. The van der Waals surface area contributed by atoms with E-state index in [0.717, 1.165) is 6.54 Å². The number of rotatable bonds is 4. The summed E-state index contributed by atoms with van der Waals surface area (Å²) in [5, 5.41) is 2.82. The van der Waals surface area contributed by atoms with Gasteiger partial charge >= 0.3 is 0 Å². The molecule has 0 bridgehead atoms. The van der Waals surface area contributed by atoms with E-state index in [2.05, 4.69) is 5.32 Å². The smallest absolute Gasteiger partial charge is 0.251 e. The van der Waals surface area contributed by atoms with E-state index in [1.807, 2.05) is 29.1 Å². The molecule has 94 valence electrons. The number of hydrogen-bond donors (Lipinski definition) is 1. The Bertz CT molecular complexity index is 535. The van der Waals surface area contributed by atoms with Crippen LogP contribution in [0.15, 0.2) is 42.7 Å². The van der Waals surface area contributed by atoms with Gasteiger partial charge in [0.2, 0.25) is 0 Å². The highest BCUT2D eigenvalue weighted by Gasteiger charge is 2.08. The van der Waals surface area contributed by atoms with Gasteiger partial charge in [0, 0.05) is 31.0 Å². The van der Waals surface area contributed by atoms with Crippen LogP contribution in [-0.2, 0) is 6.54 Å². The molecular formula is C14H15FN2O. The van der Waals surface area contributed by atoms with E-state index in [0.29, 0.717) is 17.7 Å². The van der Waals surface area contributed by atoms with E-state index < -0.39 is 0 Å². The number of aromatic nitrogens is 1. The topological polar surface area (TPSA) is 34.0 Å². The van der Waals surface area contributed by atoms with Gasteiger partial charge < -0.3 is 9.88 Å². The van der Waals surface area contributed by atoms with Crippen LogP contribution in [0.5, 0.6) is 0 Å². The molecule has 1 N–H and O–H groups in total. The Morgan fingerprint density at radius 2 is 2.06 bits per heavy atom. The van der Waals surface area contributed by atoms with Crippen LogP contribution in [0, 0.1) is 12.7 Å². The summed E-state index contributed by atoms with van der Waals surface area (Å²) in [6, 6.07) is 8.04. The number of amides is 1. The van der Waals surface area contributed by atoms with Gasteiger partial charge in [-0.05, 0) is 42.8 Å². The van der Waals surface area contributed by atoms with Crippen LogP contribution in [0.4, 0.5) is 4.39 Å². The third-order valence-corrected chi connectivity index (χ3v) is 2.75. The first-order chi connectivity index (χ1) is 8.66. The second-order valence-corrected chi connectivity index (χ2v) is 4.14. The lowest BCUT2D eigenvalue weighted by molar-refractivity contribution is 0.0951. The predicted octanol–water partition coefficient (Wildman–Crippen LogP) is 2.37. The summed E-state index contributed by atoms with van der Waals surface area (Å²) in [6.45, 7) is 2.99. The van der Waals surface area contributed by atoms with Crippen molar-refractivity contribution in [1.82, 2.24) is 9.88 Å². The van der Waals surface area contributed by atoms with E-state index in [9.17, 15) is 9.18 Å². The molecule has 0 spiro atoms. The molecule has 0 saturated carbocycles. The maximum absolute atomic E-state index is 12.9. The van der Waals surface area contributed by atoms with Gasteiger partial charge in [0.1, 0.15) is 5.82 Å². The zero-order valence-electron chi connectivity index (χ0n) is 10.2. The standard InChI is InChI=1S/C14H15FN2O/c1-11-10-12(15)4-5-13(11)14(18)16-6-9-17-7-2-3-8-17/h2-5,7-8,10H,6,9H2,1H3,(H,16,18). The Labute approximate surface area is 105 Å². The van der Waals surface area contributed by atoms with Gasteiger partial charge in [0.15, 0.2) is 0 Å². The minimum absolute atomic E-state index is 0.167. The van der Waals surface area contributed by atoms with Gasteiger partial charge in [0.25, 0.3) is 5.91 Å². The number of hydrogen-bond acceptors (Lipinski definition) is 1. The van der Waals surface area contributed by atoms with Crippen LogP contribution >= 0.6 is 0 Å². The Hall–Kier alpha value is -2.10. The maximum Gasteiger partial charge on any atom is 0.251 e. The van der Waals surface area contributed by atoms with Gasteiger partial charge in [-0.3, -0.25) is 4.79 Å². The van der Waals surface area contributed by atoms with Crippen molar-refractivity contribution in [3.63, 3.8) is 0 Å². The molecule has 18 heavy (non-hydrogen) atoms. The number of carbonyl (C=O) groups is 1. The summed E-state index contributed by atoms with van der Waals surface area (Å²) < 4.78 is 14.9. The van der Waals surface area contributed by atoms with Crippen LogP contribution in [0.3, 0.4) is 0 Å². The quantitative estimate of drug-likeness (QED) is 0.883. The van der Waals surface area contributed by atoms with E-state index in [1.54, 1.807) is 6.92 Å². The average Bonchev–Trinajstić information content (AvgIpc) is 2.81. The van der Waals surface area contributed by atoms with Crippen molar-refractivity contribution in [1.29, 1.82) is 0 Å². The summed E-state index contributed by atoms with van der Waals surface area (Å²) >= 11 is 0. The molecular weight excluding hydrogens is 231 g/mol. The van der Waals surface area contributed by atoms with Crippen LogP contribution in [0.25, 0.3) is 0 Å². The van der Waals surface area contributed by atoms with Crippen molar-refractivity contribution in [2.75, 3.05) is 6.54 Å². The molecule has 0 aliphatic carbocycles. The number of benzene rings is 1. The number of nitrogens with one attached hydrogen (secondary N) is 1. The molecule has 1 heterocycles. The Kier molecular flexibility index (Phi) is 3.77. The molecule has 0 saturated heterocycles. The average molecular weight is 246 g/mol. The van der Waals surface area contributed by atoms with Gasteiger partial charge in [0.05, 0.1) is 0 Å². The molecule has 3 nitrogen and oxygen atoms in total. The molecule has 1 amide bonds. The minimum atomic E-state index is -0.323. The van der Waals surface area contributed by atoms with Crippen LogP contribution in [0.1, 0.15) is 15.9 Å². The first kappa shape index (κ1) is 12.4. The molecule has 1 aromatic carbocycles. The first-order valence-corrected chi connectivity index (χ1v) is 5.82. The third-order valence-electron chi connectivity index (χ3n) is 2.75. The lowest BCUT2D eigenvalue weighted by atomic mass is 10.1. The van der Waals surface area contributed by atoms with Gasteiger partial charge in [-0.15, -0.1) is 0 Å². The second kappa shape index (κ2) is 5.49. The highest BCUT2D eigenvalue weighted by Crippen LogP contribution is 2.09. The first-order valence-electron chi connectivity index (χ1n) is 5.82. The summed E-state index contributed by atoms with van der Waals surface area (Å²) in [5.41, 5.74) is 1.16. The number of aryl methyl sites for hydroxylation is 1. The lowest BCUT2D eigenvalue weighted by Crippen LogP contribution is -2.27. The Morgan fingerprint density at radius 1 is 1.33 bits per heavy atom. The minimum Gasteiger partial charge on any atom is -0.353 e. The zero-order valence-corrected chi connectivity index (χ0v) is 10.2. The van der Waals surface area contributed by atoms with Gasteiger partial charge in [-0.25, -0.2) is 4.39 Å². The van der Waals surface area contributed by atoms with Crippen molar-refractivity contribution in [3.8, 4) is 0 Å². The van der Waals surface area contributed by atoms with Crippen molar-refractivity contribution in [2.45, 2.75) is 13.5 Å². The molecule has 1 aromatic heterocycles. The second-order valence-electron chi connectivity index (χ2n) is 4.14. The van der Waals surface area contributed by atoms with Crippen LogP contribution < -0.4 is 5.32 Å². The summed E-state index contributed by atoms with van der Waals surface area (Å²) in [4.78, 5) is 11.9. The molecule has 0 aliphatic heterocycles. The molecule has 4 heteroatoms. The van der Waals surface area contributed by atoms with Crippen molar-refractivity contribution >= 4 is 5.91 Å². The molecule has 0 atom stereocenters. The molecule has 2 rings (SSSR count). The largest absolute Gasteiger partial charge is 0.353 e. The van der Waals surface area contributed by atoms with Crippen LogP contribution in [0.2, 0.25) is 0 Å². The fraction of sp³-hybridized carbons (Fsp3) is 0.214. The monoisotopic (exact) mass is 246 g/mol. The van der Waals surface area contributed by atoms with E-state index in [1.165, 1.54) is 18.2 Å². The van der Waals surface area contributed by atoms with Gasteiger partial charge in [-0.2, -0.15) is 0 Å².